The van der Waals surface area contributed by atoms with Crippen LogP contribution in [0.1, 0.15) is 18.1 Å². The lowest BCUT2D eigenvalue weighted by Gasteiger charge is -2.10. The van der Waals surface area contributed by atoms with Gasteiger partial charge in [0.2, 0.25) is 11.8 Å². The highest BCUT2D eigenvalue weighted by molar-refractivity contribution is 6.15. The van der Waals surface area contributed by atoms with Crippen LogP contribution >= 0.6 is 0 Å². The van der Waals surface area contributed by atoms with Gasteiger partial charge in [-0.15, -0.1) is 4.68 Å². The summed E-state index contributed by atoms with van der Waals surface area (Å²) in [6.07, 6.45) is 1.77. The lowest BCUT2D eigenvalue weighted by molar-refractivity contribution is -0.495. The first-order chi connectivity index (χ1) is 11.1. The molecule has 0 aliphatic carbocycles. The Morgan fingerprint density at radius 1 is 1.04 bits per heavy atom. The normalized spacial score (nSPS) is 18.3. The highest BCUT2D eigenvalue weighted by atomic mass is 16.2. The van der Waals surface area contributed by atoms with Crippen molar-refractivity contribution in [3.63, 3.8) is 0 Å². The molecule has 2 aromatic rings. The largest absolute Gasteiger partial charge is 0.318 e. The summed E-state index contributed by atoms with van der Waals surface area (Å²) in [6, 6.07) is 17.3. The van der Waals surface area contributed by atoms with Gasteiger partial charge in [0.25, 0.3) is 0 Å². The molecule has 4 nitrogen and oxygen atoms in total. The van der Waals surface area contributed by atoms with E-state index < -0.39 is 6.04 Å². The molecule has 0 unspecified atom stereocenters. The number of aryl methyl sites for hydroxylation is 1. The lowest BCUT2D eigenvalue weighted by atomic mass is 10.1. The van der Waals surface area contributed by atoms with E-state index in [9.17, 15) is 4.79 Å². The van der Waals surface area contributed by atoms with Gasteiger partial charge in [-0.3, -0.25) is 9.79 Å². The summed E-state index contributed by atoms with van der Waals surface area (Å²) in [5.41, 5.74) is 3.98. The Labute approximate surface area is 136 Å². The lowest BCUT2D eigenvalue weighted by Crippen LogP contribution is -2.35. The van der Waals surface area contributed by atoms with E-state index in [1.54, 1.807) is 11.2 Å². The molecule has 1 heterocycles. The van der Waals surface area contributed by atoms with Crippen molar-refractivity contribution >= 4 is 23.5 Å². The molecule has 0 radical (unpaired) electrons. The number of rotatable bonds is 3. The van der Waals surface area contributed by atoms with E-state index in [0.717, 1.165) is 17.0 Å². The number of carbonyl (C=O) groups excluding carboxylic acids is 1. The third kappa shape index (κ3) is 2.93. The van der Waals surface area contributed by atoms with Gasteiger partial charge in [0.1, 0.15) is 5.69 Å². The maximum Gasteiger partial charge on any atom is 0.318 e. The molecule has 1 amide bonds. The SMILES string of the molecule is CC1=[N+](C)N(c2ccccc2)C(=O)[C@@H]1N=Cc1ccc(C)cc1. The van der Waals surface area contributed by atoms with Crippen LogP contribution in [0.15, 0.2) is 59.6 Å². The topological polar surface area (TPSA) is 35.7 Å². The molecule has 0 aromatic heterocycles. The van der Waals surface area contributed by atoms with Crippen molar-refractivity contribution in [2.75, 3.05) is 12.1 Å². The number of hydrazone groups is 1. The molecule has 116 valence electrons. The van der Waals surface area contributed by atoms with E-state index in [0.29, 0.717) is 0 Å². The highest BCUT2D eigenvalue weighted by Crippen LogP contribution is 2.20. The molecule has 0 saturated carbocycles. The predicted molar refractivity (Wildman–Crippen MR) is 93.4 cm³/mol. The molecule has 3 rings (SSSR count). The molecule has 0 bridgehead atoms. The molecule has 1 aliphatic rings. The van der Waals surface area contributed by atoms with Crippen LogP contribution in [0.25, 0.3) is 0 Å². The first-order valence-corrected chi connectivity index (χ1v) is 7.64. The Morgan fingerprint density at radius 3 is 2.35 bits per heavy atom. The van der Waals surface area contributed by atoms with Crippen LogP contribution in [-0.4, -0.2) is 35.6 Å². The smallest absolute Gasteiger partial charge is 0.268 e. The molecule has 0 fully saturated rings. The van der Waals surface area contributed by atoms with Crippen LogP contribution in [0.4, 0.5) is 5.69 Å². The van der Waals surface area contributed by atoms with Crippen LogP contribution in [0, 0.1) is 6.92 Å². The maximum absolute atomic E-state index is 12.8. The van der Waals surface area contributed by atoms with Gasteiger partial charge in [-0.05, 0) is 24.6 Å². The van der Waals surface area contributed by atoms with Crippen LogP contribution < -0.4 is 5.01 Å². The third-order valence-electron chi connectivity index (χ3n) is 4.10. The Kier molecular flexibility index (Phi) is 4.06. The van der Waals surface area contributed by atoms with Crippen molar-refractivity contribution in [3.05, 3.63) is 65.7 Å². The van der Waals surface area contributed by atoms with Crippen molar-refractivity contribution in [2.45, 2.75) is 19.9 Å². The van der Waals surface area contributed by atoms with Crippen molar-refractivity contribution in [1.82, 2.24) is 0 Å². The summed E-state index contributed by atoms with van der Waals surface area (Å²) in [5.74, 6) is -0.0282. The van der Waals surface area contributed by atoms with Gasteiger partial charge >= 0.3 is 5.91 Å². The van der Waals surface area contributed by atoms with Crippen molar-refractivity contribution in [3.8, 4) is 0 Å². The Bertz CT molecular complexity index is 776. The van der Waals surface area contributed by atoms with E-state index >= 15 is 0 Å². The first kappa shape index (κ1) is 15.2. The minimum atomic E-state index is -0.471. The second-order valence-electron chi connectivity index (χ2n) is 5.74. The van der Waals surface area contributed by atoms with Gasteiger partial charge in [0.05, 0.1) is 0 Å². The Morgan fingerprint density at radius 2 is 1.70 bits per heavy atom. The van der Waals surface area contributed by atoms with Crippen molar-refractivity contribution in [1.29, 1.82) is 0 Å². The van der Waals surface area contributed by atoms with Gasteiger partial charge in [-0.1, -0.05) is 53.0 Å². The molecule has 1 aliphatic heterocycles. The van der Waals surface area contributed by atoms with E-state index in [1.165, 1.54) is 5.56 Å². The number of hydrogen-bond acceptors (Lipinski definition) is 2. The molecular weight excluding hydrogens is 286 g/mol. The summed E-state index contributed by atoms with van der Waals surface area (Å²) in [6.45, 7) is 3.99. The van der Waals surface area contributed by atoms with Crippen LogP contribution in [0.3, 0.4) is 0 Å². The molecule has 2 aromatic carbocycles. The fraction of sp³-hybridized carbons (Fsp3) is 0.211. The molecule has 1 atom stereocenters. The summed E-state index contributed by atoms with van der Waals surface area (Å²) < 4.78 is 1.87. The van der Waals surface area contributed by atoms with E-state index in [1.807, 2.05) is 80.2 Å². The van der Waals surface area contributed by atoms with Crippen LogP contribution in [-0.2, 0) is 4.79 Å². The number of para-hydroxylation sites is 1. The van der Waals surface area contributed by atoms with Gasteiger partial charge in [-0.2, -0.15) is 0 Å². The zero-order chi connectivity index (χ0) is 16.4. The minimum absolute atomic E-state index is 0.0282. The van der Waals surface area contributed by atoms with Gasteiger partial charge in [0, 0.05) is 13.1 Å². The number of aliphatic imine (C=N–C) groups is 1. The Balaban J connectivity index is 1.87. The zero-order valence-corrected chi connectivity index (χ0v) is 13.6. The van der Waals surface area contributed by atoms with Gasteiger partial charge < -0.3 is 0 Å². The molecule has 23 heavy (non-hydrogen) atoms. The number of amides is 1. The standard InChI is InChI=1S/C19H20N3O/c1-14-9-11-16(12-10-14)13-20-18-15(2)21(3)22(19(18)23)17-7-5-4-6-8-17/h4-13,18H,1-3H3/q+1/t18-/m1/s1. The first-order valence-electron chi connectivity index (χ1n) is 7.64. The zero-order valence-electron chi connectivity index (χ0n) is 13.6. The number of hydrazine groups is 1. The van der Waals surface area contributed by atoms with Crippen molar-refractivity contribution in [2.24, 2.45) is 4.99 Å². The van der Waals surface area contributed by atoms with Gasteiger partial charge in [0.15, 0.2) is 7.05 Å². The van der Waals surface area contributed by atoms with E-state index in [4.69, 9.17) is 0 Å². The minimum Gasteiger partial charge on any atom is -0.268 e. The molecule has 4 heteroatoms. The van der Waals surface area contributed by atoms with Gasteiger partial charge in [-0.25, -0.2) is 0 Å². The summed E-state index contributed by atoms with van der Waals surface area (Å²) in [7, 11) is 1.89. The van der Waals surface area contributed by atoms with Crippen LogP contribution in [0.5, 0.6) is 0 Å². The summed E-state index contributed by atoms with van der Waals surface area (Å²) >= 11 is 0. The highest BCUT2D eigenvalue weighted by Gasteiger charge is 2.44. The molecule has 0 saturated heterocycles. The number of anilines is 1. The average Bonchev–Trinajstić information content (AvgIpc) is 2.78. The molecular formula is C19H20N3O+. The number of carbonyl (C=O) groups is 1. The second kappa shape index (κ2) is 6.16. The van der Waals surface area contributed by atoms with E-state index in [-0.39, 0.29) is 5.91 Å². The van der Waals surface area contributed by atoms with E-state index in [2.05, 4.69) is 4.99 Å². The fourth-order valence-electron chi connectivity index (χ4n) is 2.63. The van der Waals surface area contributed by atoms with Crippen LogP contribution in [0.2, 0.25) is 0 Å². The quantitative estimate of drug-likeness (QED) is 0.634. The molecule has 0 N–H and O–H groups in total. The predicted octanol–water partition coefficient (Wildman–Crippen LogP) is 2.85. The number of hydrogen-bond donors (Lipinski definition) is 0. The second-order valence-corrected chi connectivity index (χ2v) is 5.74. The monoisotopic (exact) mass is 306 g/mol. The Hall–Kier alpha value is -2.75. The number of benzene rings is 2. The summed E-state index contributed by atoms with van der Waals surface area (Å²) in [4.78, 5) is 17.3. The van der Waals surface area contributed by atoms with Crippen molar-refractivity contribution < 1.29 is 9.48 Å². The average molecular weight is 306 g/mol. The summed E-state index contributed by atoms with van der Waals surface area (Å²) in [5, 5.41) is 1.67. The third-order valence-corrected chi connectivity index (χ3v) is 4.10. The molecule has 0 spiro atoms. The fourth-order valence-corrected chi connectivity index (χ4v) is 2.63. The maximum atomic E-state index is 12.8. The number of nitrogens with zero attached hydrogens (tertiary/aromatic N) is 3.